The number of fused-ring (bicyclic) bond motifs is 1. The maximum atomic E-state index is 9.90. The Morgan fingerprint density at radius 3 is 2.86 bits per heavy atom. The predicted molar refractivity (Wildman–Crippen MR) is 88.8 cm³/mol. The van der Waals surface area contributed by atoms with Crippen molar-refractivity contribution in [3.63, 3.8) is 0 Å². The van der Waals surface area contributed by atoms with Crippen LogP contribution in [0, 0.1) is 5.92 Å². The maximum Gasteiger partial charge on any atom is 0.0982 e. The van der Waals surface area contributed by atoms with Gasteiger partial charge in [0.05, 0.1) is 21.3 Å². The first-order valence-corrected chi connectivity index (χ1v) is 8.73. The third-order valence-electron chi connectivity index (χ3n) is 4.77. The summed E-state index contributed by atoms with van der Waals surface area (Å²) in [6.45, 7) is 5.37. The van der Waals surface area contributed by atoms with Crippen LogP contribution in [0.2, 0.25) is 0 Å². The second kappa shape index (κ2) is 6.42. The van der Waals surface area contributed by atoms with Crippen molar-refractivity contribution < 1.29 is 5.11 Å². The summed E-state index contributed by atoms with van der Waals surface area (Å²) in [7, 11) is 0. The standard InChI is InChI=1S/C17H24N2OS/c1-11(12(2)18-10-13-6-5-8-15(13)20)17-19-14-7-3-4-9-16(14)21-17/h3-4,7,9,11-13,15,18,20H,5-6,8,10H2,1-2H3. The van der Waals surface area contributed by atoms with Crippen molar-refractivity contribution in [1.82, 2.24) is 10.3 Å². The van der Waals surface area contributed by atoms with E-state index in [0.29, 0.717) is 17.9 Å². The molecule has 4 heteroatoms. The van der Waals surface area contributed by atoms with Crippen LogP contribution in [0.4, 0.5) is 0 Å². The van der Waals surface area contributed by atoms with Crippen molar-refractivity contribution in [2.75, 3.05) is 6.54 Å². The molecule has 1 fully saturated rings. The van der Waals surface area contributed by atoms with Crippen molar-refractivity contribution in [3.8, 4) is 0 Å². The van der Waals surface area contributed by atoms with Gasteiger partial charge in [-0.25, -0.2) is 4.98 Å². The average Bonchev–Trinajstić information content (AvgIpc) is 3.09. The fourth-order valence-corrected chi connectivity index (χ4v) is 4.19. The molecule has 3 rings (SSSR count). The zero-order valence-electron chi connectivity index (χ0n) is 12.7. The molecule has 1 aromatic carbocycles. The second-order valence-electron chi connectivity index (χ2n) is 6.26. The lowest BCUT2D eigenvalue weighted by atomic mass is 10.0. The van der Waals surface area contributed by atoms with Crippen molar-refractivity contribution in [2.45, 2.75) is 51.2 Å². The van der Waals surface area contributed by atoms with Gasteiger partial charge < -0.3 is 10.4 Å². The Kier molecular flexibility index (Phi) is 4.57. The molecule has 1 saturated carbocycles. The van der Waals surface area contributed by atoms with E-state index in [1.807, 2.05) is 6.07 Å². The van der Waals surface area contributed by atoms with E-state index in [1.165, 1.54) is 9.71 Å². The van der Waals surface area contributed by atoms with Crippen molar-refractivity contribution in [1.29, 1.82) is 0 Å². The van der Waals surface area contributed by atoms with Crippen molar-refractivity contribution >= 4 is 21.6 Å². The summed E-state index contributed by atoms with van der Waals surface area (Å²) in [6.07, 6.45) is 3.17. The Hall–Kier alpha value is -0.970. The molecule has 4 atom stereocenters. The fraction of sp³-hybridized carbons (Fsp3) is 0.588. The molecule has 4 unspecified atom stereocenters. The van der Waals surface area contributed by atoms with Crippen LogP contribution in [-0.2, 0) is 0 Å². The molecule has 0 saturated heterocycles. The number of aliphatic hydroxyl groups is 1. The highest BCUT2D eigenvalue weighted by Crippen LogP contribution is 2.30. The van der Waals surface area contributed by atoms with Crippen LogP contribution in [-0.4, -0.2) is 28.8 Å². The van der Waals surface area contributed by atoms with Crippen LogP contribution < -0.4 is 5.32 Å². The first-order valence-electron chi connectivity index (χ1n) is 7.92. The Balaban J connectivity index is 1.62. The van der Waals surface area contributed by atoms with Crippen molar-refractivity contribution in [2.24, 2.45) is 5.92 Å². The van der Waals surface area contributed by atoms with Crippen LogP contribution >= 0.6 is 11.3 Å². The Morgan fingerprint density at radius 2 is 2.14 bits per heavy atom. The van der Waals surface area contributed by atoms with E-state index < -0.39 is 0 Å². The van der Waals surface area contributed by atoms with Crippen molar-refractivity contribution in [3.05, 3.63) is 29.3 Å². The van der Waals surface area contributed by atoms with Gasteiger partial charge in [-0.2, -0.15) is 0 Å². The van der Waals surface area contributed by atoms with E-state index in [-0.39, 0.29) is 6.10 Å². The summed E-state index contributed by atoms with van der Waals surface area (Å²) in [5.41, 5.74) is 1.10. The van der Waals surface area contributed by atoms with Gasteiger partial charge >= 0.3 is 0 Å². The van der Waals surface area contributed by atoms with E-state index in [9.17, 15) is 5.11 Å². The number of nitrogens with one attached hydrogen (secondary N) is 1. The first kappa shape index (κ1) is 14.9. The number of hydrogen-bond acceptors (Lipinski definition) is 4. The Morgan fingerprint density at radius 1 is 1.33 bits per heavy atom. The number of aromatic nitrogens is 1. The molecule has 21 heavy (non-hydrogen) atoms. The van der Waals surface area contributed by atoms with Crippen LogP contribution in [0.1, 0.15) is 44.0 Å². The summed E-state index contributed by atoms with van der Waals surface area (Å²) in [5, 5.41) is 14.7. The molecule has 3 nitrogen and oxygen atoms in total. The Bertz CT molecular complexity index is 564. The number of para-hydroxylation sites is 1. The largest absolute Gasteiger partial charge is 0.393 e. The average molecular weight is 304 g/mol. The summed E-state index contributed by atoms with van der Waals surface area (Å²) in [5.74, 6) is 0.816. The van der Waals surface area contributed by atoms with Gasteiger partial charge in [-0.15, -0.1) is 11.3 Å². The van der Waals surface area contributed by atoms with Gasteiger partial charge in [0.15, 0.2) is 0 Å². The highest BCUT2D eigenvalue weighted by Gasteiger charge is 2.26. The van der Waals surface area contributed by atoms with Crippen LogP contribution in [0.5, 0.6) is 0 Å². The SMILES string of the molecule is CC(NCC1CCCC1O)C(C)c1nc2ccccc2s1. The topological polar surface area (TPSA) is 45.1 Å². The van der Waals surface area contributed by atoms with E-state index >= 15 is 0 Å². The smallest absolute Gasteiger partial charge is 0.0982 e. The molecular formula is C17H24N2OS. The summed E-state index contributed by atoms with van der Waals surface area (Å²) < 4.78 is 1.26. The van der Waals surface area contributed by atoms with E-state index in [1.54, 1.807) is 11.3 Å². The number of hydrogen-bond donors (Lipinski definition) is 2. The van der Waals surface area contributed by atoms with E-state index in [0.717, 1.165) is 31.3 Å². The fourth-order valence-electron chi connectivity index (χ4n) is 3.07. The van der Waals surface area contributed by atoms with Crippen LogP contribution in [0.15, 0.2) is 24.3 Å². The normalized spacial score (nSPS) is 25.3. The quantitative estimate of drug-likeness (QED) is 0.888. The number of rotatable bonds is 5. The molecule has 1 aromatic heterocycles. The Labute approximate surface area is 130 Å². The molecule has 0 radical (unpaired) electrons. The number of aliphatic hydroxyl groups excluding tert-OH is 1. The number of nitrogens with zero attached hydrogens (tertiary/aromatic N) is 1. The lowest BCUT2D eigenvalue weighted by molar-refractivity contribution is 0.129. The van der Waals surface area contributed by atoms with Gasteiger partial charge in [0.25, 0.3) is 0 Å². The summed E-state index contributed by atoms with van der Waals surface area (Å²) >= 11 is 1.79. The van der Waals surface area contributed by atoms with Gasteiger partial charge in [-0.3, -0.25) is 0 Å². The lowest BCUT2D eigenvalue weighted by Gasteiger charge is -2.23. The van der Waals surface area contributed by atoms with Gasteiger partial charge in [0, 0.05) is 18.5 Å². The van der Waals surface area contributed by atoms with Crippen LogP contribution in [0.3, 0.4) is 0 Å². The molecule has 1 heterocycles. The third kappa shape index (κ3) is 3.28. The molecule has 1 aliphatic rings. The molecule has 0 aliphatic heterocycles. The summed E-state index contributed by atoms with van der Waals surface area (Å²) in [4.78, 5) is 4.76. The molecule has 114 valence electrons. The monoisotopic (exact) mass is 304 g/mol. The second-order valence-corrected chi connectivity index (χ2v) is 7.33. The molecule has 1 aliphatic carbocycles. The molecular weight excluding hydrogens is 280 g/mol. The van der Waals surface area contributed by atoms with Gasteiger partial charge in [0.2, 0.25) is 0 Å². The zero-order chi connectivity index (χ0) is 14.8. The zero-order valence-corrected chi connectivity index (χ0v) is 13.6. The minimum Gasteiger partial charge on any atom is -0.393 e. The molecule has 0 bridgehead atoms. The number of benzene rings is 1. The van der Waals surface area contributed by atoms with Gasteiger partial charge in [-0.05, 0) is 37.8 Å². The predicted octanol–water partition coefficient (Wildman–Crippen LogP) is 3.54. The molecule has 0 amide bonds. The molecule has 0 spiro atoms. The van der Waals surface area contributed by atoms with Crippen LogP contribution in [0.25, 0.3) is 10.2 Å². The van der Waals surface area contributed by atoms with Gasteiger partial charge in [0.1, 0.15) is 0 Å². The van der Waals surface area contributed by atoms with E-state index in [4.69, 9.17) is 4.98 Å². The minimum atomic E-state index is -0.109. The summed E-state index contributed by atoms with van der Waals surface area (Å²) in [6, 6.07) is 8.70. The first-order chi connectivity index (χ1) is 10.1. The molecule has 2 N–H and O–H groups in total. The third-order valence-corrected chi connectivity index (χ3v) is 6.01. The maximum absolute atomic E-state index is 9.90. The highest BCUT2D eigenvalue weighted by atomic mass is 32.1. The highest BCUT2D eigenvalue weighted by molar-refractivity contribution is 7.18. The lowest BCUT2D eigenvalue weighted by Crippen LogP contribution is -2.36. The molecule has 2 aromatic rings. The van der Waals surface area contributed by atoms with E-state index in [2.05, 4.69) is 37.4 Å². The minimum absolute atomic E-state index is 0.109. The van der Waals surface area contributed by atoms with Gasteiger partial charge in [-0.1, -0.05) is 25.5 Å². The number of thiazole rings is 1.